The number of nitro groups is 1. The molecule has 34 heavy (non-hydrogen) atoms. The number of rotatable bonds is 6. The van der Waals surface area contributed by atoms with Gasteiger partial charge in [-0.2, -0.15) is 5.26 Å². The summed E-state index contributed by atoms with van der Waals surface area (Å²) in [7, 11) is 3.80. The fraction of sp³-hybridized carbons (Fsp3) is 0.174. The van der Waals surface area contributed by atoms with E-state index in [4.69, 9.17) is 15.2 Å². The number of nitrogens with zero attached hydrogens (tertiary/aromatic N) is 3. The number of esters is 2. The molecule has 0 aromatic heterocycles. The quantitative estimate of drug-likeness (QED) is 0.370. The van der Waals surface area contributed by atoms with Gasteiger partial charge in [-0.15, -0.1) is 0 Å². The maximum Gasteiger partial charge on any atom is 0.355 e. The van der Waals surface area contributed by atoms with Crippen LogP contribution in [0.4, 0.5) is 17.1 Å². The van der Waals surface area contributed by atoms with E-state index in [1.54, 1.807) is 30.3 Å². The summed E-state index contributed by atoms with van der Waals surface area (Å²) < 4.78 is 9.94. The number of nitrogens with one attached hydrogen (secondary N) is 1. The SMILES string of the molecule is CNc1cc([N+](=O)[O-])ccc1N1C(N)=C(C#N)C(c2ccccc2)C(C(=O)OC)=C1C(=O)OC. The monoisotopic (exact) mass is 463 g/mol. The van der Waals surface area contributed by atoms with Gasteiger partial charge >= 0.3 is 11.9 Å². The number of non-ortho nitro benzene ring substituents is 1. The van der Waals surface area contributed by atoms with Crippen molar-refractivity contribution in [2.75, 3.05) is 31.5 Å². The largest absolute Gasteiger partial charge is 0.466 e. The van der Waals surface area contributed by atoms with Crippen molar-refractivity contribution in [2.24, 2.45) is 5.73 Å². The van der Waals surface area contributed by atoms with Gasteiger partial charge in [0.15, 0.2) is 0 Å². The van der Waals surface area contributed by atoms with Gasteiger partial charge in [0.05, 0.1) is 53.7 Å². The highest BCUT2D eigenvalue weighted by atomic mass is 16.6. The first-order valence-corrected chi connectivity index (χ1v) is 9.92. The molecule has 0 spiro atoms. The van der Waals surface area contributed by atoms with Crippen LogP contribution in [-0.4, -0.2) is 38.1 Å². The van der Waals surface area contributed by atoms with Crippen LogP contribution in [0, 0.1) is 21.4 Å². The van der Waals surface area contributed by atoms with E-state index in [1.807, 2.05) is 6.07 Å². The molecule has 2 aromatic carbocycles. The molecule has 11 nitrogen and oxygen atoms in total. The zero-order valence-corrected chi connectivity index (χ0v) is 18.6. The summed E-state index contributed by atoms with van der Waals surface area (Å²) in [6.45, 7) is 0. The van der Waals surface area contributed by atoms with Crippen LogP contribution in [0.2, 0.25) is 0 Å². The molecule has 3 N–H and O–H groups in total. The molecule has 3 rings (SSSR count). The molecule has 1 aliphatic heterocycles. The van der Waals surface area contributed by atoms with Crippen molar-refractivity contribution >= 4 is 29.0 Å². The molecule has 0 bridgehead atoms. The minimum absolute atomic E-state index is 0.0142. The highest BCUT2D eigenvalue weighted by Crippen LogP contribution is 2.45. The number of ether oxygens (including phenoxy) is 2. The van der Waals surface area contributed by atoms with E-state index in [1.165, 1.54) is 30.1 Å². The Morgan fingerprint density at radius 2 is 1.79 bits per heavy atom. The summed E-state index contributed by atoms with van der Waals surface area (Å²) in [5, 5.41) is 24.1. The summed E-state index contributed by atoms with van der Waals surface area (Å²) >= 11 is 0. The Kier molecular flexibility index (Phi) is 6.82. The average molecular weight is 463 g/mol. The second-order valence-corrected chi connectivity index (χ2v) is 7.04. The van der Waals surface area contributed by atoms with Gasteiger partial charge in [0, 0.05) is 19.2 Å². The summed E-state index contributed by atoms with van der Waals surface area (Å²) in [4.78, 5) is 37.9. The lowest BCUT2D eigenvalue weighted by atomic mass is 9.81. The first kappa shape index (κ1) is 23.8. The minimum atomic E-state index is -1.01. The smallest absolute Gasteiger partial charge is 0.355 e. The van der Waals surface area contributed by atoms with Crippen molar-refractivity contribution in [1.29, 1.82) is 5.26 Å². The molecule has 0 saturated heterocycles. The zero-order valence-electron chi connectivity index (χ0n) is 18.6. The van der Waals surface area contributed by atoms with Crippen molar-refractivity contribution in [2.45, 2.75) is 5.92 Å². The number of hydrogen-bond donors (Lipinski definition) is 2. The van der Waals surface area contributed by atoms with E-state index in [0.29, 0.717) is 5.56 Å². The van der Waals surface area contributed by atoms with Crippen LogP contribution < -0.4 is 16.0 Å². The molecular formula is C23H21N5O6. The molecule has 0 aliphatic carbocycles. The number of methoxy groups -OCH3 is 2. The van der Waals surface area contributed by atoms with E-state index >= 15 is 0 Å². The van der Waals surface area contributed by atoms with Crippen LogP contribution >= 0.6 is 0 Å². The molecule has 0 radical (unpaired) electrons. The van der Waals surface area contributed by atoms with Gasteiger partial charge in [-0.25, -0.2) is 9.59 Å². The highest BCUT2D eigenvalue weighted by molar-refractivity contribution is 6.07. The Morgan fingerprint density at radius 1 is 1.15 bits per heavy atom. The second kappa shape index (κ2) is 9.74. The molecule has 174 valence electrons. The van der Waals surface area contributed by atoms with Crippen molar-refractivity contribution in [3.63, 3.8) is 0 Å². The first-order valence-electron chi connectivity index (χ1n) is 9.92. The molecule has 1 heterocycles. The molecule has 11 heteroatoms. The number of benzene rings is 2. The molecule has 1 aliphatic rings. The van der Waals surface area contributed by atoms with Crippen molar-refractivity contribution in [3.8, 4) is 6.07 Å². The number of nitriles is 1. The number of hydrogen-bond acceptors (Lipinski definition) is 10. The lowest BCUT2D eigenvalue weighted by Gasteiger charge is -2.36. The third-order valence-electron chi connectivity index (χ3n) is 5.31. The second-order valence-electron chi connectivity index (χ2n) is 7.04. The molecule has 0 amide bonds. The maximum atomic E-state index is 13.1. The standard InChI is InChI=1S/C23H21N5O6/c1-26-16-11-14(28(31)32)9-10-17(16)27-20(23(30)34-3)19(22(29)33-2)18(15(12-24)21(27)25)13-7-5-4-6-8-13/h4-11,18,26H,25H2,1-3H3. The van der Waals surface area contributed by atoms with Crippen molar-refractivity contribution < 1.29 is 24.0 Å². The summed E-state index contributed by atoms with van der Waals surface area (Å²) in [6.07, 6.45) is 0. The lowest BCUT2D eigenvalue weighted by molar-refractivity contribution is -0.384. The van der Waals surface area contributed by atoms with Crippen LogP contribution in [0.5, 0.6) is 0 Å². The number of carbonyl (C=O) groups is 2. The predicted octanol–water partition coefficient (Wildman–Crippen LogP) is 2.53. The van der Waals surface area contributed by atoms with E-state index in [0.717, 1.165) is 14.2 Å². The normalized spacial score (nSPS) is 15.5. The van der Waals surface area contributed by atoms with E-state index in [9.17, 15) is 25.0 Å². The Hall–Kier alpha value is -4.85. The van der Waals surface area contributed by atoms with Gasteiger partial charge < -0.3 is 20.5 Å². The number of nitro benzene ring substituents is 1. The van der Waals surface area contributed by atoms with E-state index < -0.39 is 22.8 Å². The van der Waals surface area contributed by atoms with Crippen molar-refractivity contribution in [1.82, 2.24) is 0 Å². The van der Waals surface area contributed by atoms with E-state index in [2.05, 4.69) is 5.32 Å². The third kappa shape index (κ3) is 4.00. The predicted molar refractivity (Wildman–Crippen MR) is 122 cm³/mol. The van der Waals surface area contributed by atoms with E-state index in [-0.39, 0.29) is 39.7 Å². The van der Waals surface area contributed by atoms with Crippen LogP contribution in [-0.2, 0) is 19.1 Å². The Bertz CT molecular complexity index is 1260. The number of anilines is 2. The van der Waals surface area contributed by atoms with Crippen LogP contribution in [0.1, 0.15) is 11.5 Å². The molecule has 1 unspecified atom stereocenters. The van der Waals surface area contributed by atoms with Gasteiger partial charge in [-0.3, -0.25) is 15.0 Å². The maximum absolute atomic E-state index is 13.1. The summed E-state index contributed by atoms with van der Waals surface area (Å²) in [5.74, 6) is -2.94. The zero-order chi connectivity index (χ0) is 25.0. The van der Waals surface area contributed by atoms with Crippen LogP contribution in [0.25, 0.3) is 0 Å². The fourth-order valence-electron chi connectivity index (χ4n) is 3.80. The van der Waals surface area contributed by atoms with Crippen LogP contribution in [0.3, 0.4) is 0 Å². The topological polar surface area (TPSA) is 161 Å². The minimum Gasteiger partial charge on any atom is -0.466 e. The number of allylic oxidation sites excluding steroid dienone is 1. The van der Waals surface area contributed by atoms with Crippen LogP contribution in [0.15, 0.2) is 71.2 Å². The fourth-order valence-corrected chi connectivity index (χ4v) is 3.80. The molecular weight excluding hydrogens is 442 g/mol. The van der Waals surface area contributed by atoms with Gasteiger partial charge in [0.2, 0.25) is 0 Å². The highest BCUT2D eigenvalue weighted by Gasteiger charge is 2.43. The first-order chi connectivity index (χ1) is 16.3. The van der Waals surface area contributed by atoms with Gasteiger partial charge in [0.1, 0.15) is 11.5 Å². The Morgan fingerprint density at radius 3 is 2.32 bits per heavy atom. The Balaban J connectivity index is 2.44. The van der Waals surface area contributed by atoms with Gasteiger partial charge in [-0.1, -0.05) is 30.3 Å². The molecule has 2 aromatic rings. The average Bonchev–Trinajstić information content (AvgIpc) is 2.87. The van der Waals surface area contributed by atoms with Crippen molar-refractivity contribution in [3.05, 3.63) is 86.9 Å². The Labute approximate surface area is 194 Å². The third-order valence-corrected chi connectivity index (χ3v) is 5.31. The van der Waals surface area contributed by atoms with Gasteiger partial charge in [0.25, 0.3) is 5.69 Å². The molecule has 1 atom stereocenters. The summed E-state index contributed by atoms with van der Waals surface area (Å²) in [5.41, 5.74) is 6.70. The lowest BCUT2D eigenvalue weighted by Crippen LogP contribution is -2.41. The van der Waals surface area contributed by atoms with Gasteiger partial charge in [-0.05, 0) is 11.6 Å². The number of nitrogens with two attached hydrogens (primary N) is 1. The number of carbonyl (C=O) groups excluding carboxylic acids is 2. The molecule has 0 saturated carbocycles. The summed E-state index contributed by atoms with van der Waals surface area (Å²) in [6, 6.07) is 14.4. The molecule has 0 fully saturated rings.